The Balaban J connectivity index is 1.89. The van der Waals surface area contributed by atoms with Gasteiger partial charge in [-0.1, -0.05) is 12.1 Å². The normalized spacial score (nSPS) is 14.4. The van der Waals surface area contributed by atoms with Crippen LogP contribution in [-0.2, 0) is 16.1 Å². The lowest BCUT2D eigenvalue weighted by molar-refractivity contribution is -0.193. The molecule has 0 bridgehead atoms. The largest absolute Gasteiger partial charge is 0.482 e. The number of esters is 1. The number of carbonyl (C=O) groups is 2. The zero-order valence-corrected chi connectivity index (χ0v) is 17.8. The number of carbonyl (C=O) groups excluding carboxylic acids is 2. The molecule has 36 heavy (non-hydrogen) atoms. The summed E-state index contributed by atoms with van der Waals surface area (Å²) in [5.41, 5.74) is -3.46. The molecule has 188 valence electrons. The fourth-order valence-electron chi connectivity index (χ4n) is 3.57. The molecule has 0 spiro atoms. The number of benzene rings is 3. The molecular formula is C23H11F8NO4. The van der Waals surface area contributed by atoms with E-state index in [-0.39, 0.29) is 17.2 Å². The third-order valence-corrected chi connectivity index (χ3v) is 5.24. The Morgan fingerprint density at radius 3 is 2.17 bits per heavy atom. The van der Waals surface area contributed by atoms with E-state index in [9.17, 15) is 44.7 Å². The first kappa shape index (κ1) is 24.9. The Hall–Kier alpha value is -4.16. The van der Waals surface area contributed by atoms with Gasteiger partial charge in [0.2, 0.25) is 5.82 Å². The number of hydrogen-bond donors (Lipinski definition) is 0. The van der Waals surface area contributed by atoms with E-state index in [4.69, 9.17) is 0 Å². The van der Waals surface area contributed by atoms with E-state index in [0.29, 0.717) is 11.0 Å². The van der Waals surface area contributed by atoms with Crippen LogP contribution < -0.4 is 9.64 Å². The Labute approximate surface area is 196 Å². The molecule has 13 heteroatoms. The van der Waals surface area contributed by atoms with Crippen LogP contribution in [0.25, 0.3) is 11.1 Å². The maximum absolute atomic E-state index is 14.7. The van der Waals surface area contributed by atoms with Gasteiger partial charge in [-0.2, -0.15) is 8.78 Å². The summed E-state index contributed by atoms with van der Waals surface area (Å²) in [5.74, 6) is -17.4. The molecule has 0 N–H and O–H groups in total. The Morgan fingerprint density at radius 2 is 1.56 bits per heavy atom. The second-order valence-corrected chi connectivity index (χ2v) is 7.45. The maximum atomic E-state index is 14.7. The van der Waals surface area contributed by atoms with Gasteiger partial charge in [0.1, 0.15) is 5.82 Å². The van der Waals surface area contributed by atoms with Crippen molar-refractivity contribution >= 4 is 17.6 Å². The van der Waals surface area contributed by atoms with E-state index >= 15 is 0 Å². The summed E-state index contributed by atoms with van der Waals surface area (Å²) in [7, 11) is 1.09. The highest BCUT2D eigenvalue weighted by Gasteiger charge is 2.51. The van der Waals surface area contributed by atoms with Crippen molar-refractivity contribution in [2.24, 2.45) is 0 Å². The van der Waals surface area contributed by atoms with Crippen molar-refractivity contribution in [3.63, 3.8) is 0 Å². The van der Waals surface area contributed by atoms with Gasteiger partial charge in [-0.25, -0.2) is 31.1 Å². The minimum absolute atomic E-state index is 0.0103. The monoisotopic (exact) mass is 517 g/mol. The molecule has 0 aromatic heterocycles. The minimum atomic E-state index is -4.49. The summed E-state index contributed by atoms with van der Waals surface area (Å²) in [5, 5.41) is 0. The van der Waals surface area contributed by atoms with Crippen molar-refractivity contribution in [3.8, 4) is 16.9 Å². The van der Waals surface area contributed by atoms with E-state index in [0.717, 1.165) is 7.11 Å². The third-order valence-electron chi connectivity index (χ3n) is 5.24. The maximum Gasteiger partial charge on any atom is 0.482 e. The van der Waals surface area contributed by atoms with Gasteiger partial charge < -0.3 is 9.47 Å². The number of amides is 1. The van der Waals surface area contributed by atoms with E-state index in [1.54, 1.807) is 0 Å². The van der Waals surface area contributed by atoms with Crippen molar-refractivity contribution in [2.75, 3.05) is 12.0 Å². The summed E-state index contributed by atoms with van der Waals surface area (Å²) in [6.07, 6.45) is -4.49. The molecule has 1 amide bonds. The second kappa shape index (κ2) is 8.81. The van der Waals surface area contributed by atoms with Crippen molar-refractivity contribution in [1.82, 2.24) is 0 Å². The Kier molecular flexibility index (Phi) is 6.10. The van der Waals surface area contributed by atoms with Crippen molar-refractivity contribution in [1.29, 1.82) is 0 Å². The highest BCUT2D eigenvalue weighted by Crippen LogP contribution is 2.44. The van der Waals surface area contributed by atoms with Crippen molar-refractivity contribution in [2.45, 2.75) is 12.7 Å². The predicted molar refractivity (Wildman–Crippen MR) is 106 cm³/mol. The summed E-state index contributed by atoms with van der Waals surface area (Å²) < 4.78 is 122. The molecule has 1 heterocycles. The van der Waals surface area contributed by atoms with E-state index < -0.39 is 82.0 Å². The van der Waals surface area contributed by atoms with Crippen LogP contribution in [0.1, 0.15) is 15.9 Å². The zero-order chi connectivity index (χ0) is 26.5. The lowest BCUT2D eigenvalue weighted by Gasteiger charge is -2.34. The fourth-order valence-corrected chi connectivity index (χ4v) is 3.57. The molecule has 0 unspecified atom stereocenters. The highest BCUT2D eigenvalue weighted by atomic mass is 19.3. The van der Waals surface area contributed by atoms with Crippen LogP contribution in [0.2, 0.25) is 0 Å². The topological polar surface area (TPSA) is 55.8 Å². The first-order chi connectivity index (χ1) is 16.9. The Bertz CT molecular complexity index is 1400. The number of anilines is 1. The lowest BCUT2D eigenvalue weighted by Crippen LogP contribution is -2.50. The van der Waals surface area contributed by atoms with Gasteiger partial charge in [0.05, 0.1) is 30.5 Å². The molecule has 1 aliphatic rings. The second-order valence-electron chi connectivity index (χ2n) is 7.45. The number of halogens is 8. The summed E-state index contributed by atoms with van der Waals surface area (Å²) in [4.78, 5) is 24.6. The van der Waals surface area contributed by atoms with E-state index in [1.807, 2.05) is 0 Å². The number of fused-ring (bicyclic) bond motifs is 1. The van der Waals surface area contributed by atoms with Crippen LogP contribution in [0.4, 0.5) is 40.8 Å². The molecule has 0 aliphatic carbocycles. The molecule has 3 aromatic carbocycles. The smallest absolute Gasteiger partial charge is 0.465 e. The van der Waals surface area contributed by atoms with E-state index in [1.165, 1.54) is 24.3 Å². The summed E-state index contributed by atoms with van der Waals surface area (Å²) in [6, 6.07) is 5.87. The van der Waals surface area contributed by atoms with Gasteiger partial charge in [0.25, 0.3) is 0 Å². The minimum Gasteiger partial charge on any atom is -0.465 e. The first-order valence-electron chi connectivity index (χ1n) is 9.78. The fraction of sp³-hybridized carbons (Fsp3) is 0.130. The molecule has 5 nitrogen and oxygen atoms in total. The van der Waals surface area contributed by atoms with Crippen molar-refractivity contribution < 1.29 is 54.2 Å². The molecular weight excluding hydrogens is 506 g/mol. The molecule has 0 saturated carbocycles. The van der Waals surface area contributed by atoms with Gasteiger partial charge in [0, 0.05) is 11.6 Å². The van der Waals surface area contributed by atoms with Crippen LogP contribution in [-0.4, -0.2) is 25.1 Å². The molecule has 0 atom stereocenters. The molecule has 0 fully saturated rings. The standard InChI is InChI=1S/C23H11F8NO4/c1-35-21(33)10-4-2-3-9(5-10)8-32-13-6-11(12(24)7-14(13)36-23(30,31)22(32)34)15-16(25)18(27)20(29)19(28)17(15)26/h2-7H,8H2,1H3. The number of methoxy groups -OCH3 is 1. The average Bonchev–Trinajstić information content (AvgIpc) is 2.84. The predicted octanol–water partition coefficient (Wildman–Crippen LogP) is 5.49. The van der Waals surface area contributed by atoms with Crippen LogP contribution in [0.3, 0.4) is 0 Å². The van der Waals surface area contributed by atoms with Gasteiger partial charge in [0.15, 0.2) is 29.0 Å². The number of rotatable bonds is 4. The Morgan fingerprint density at radius 1 is 0.944 bits per heavy atom. The zero-order valence-electron chi connectivity index (χ0n) is 17.8. The first-order valence-corrected chi connectivity index (χ1v) is 9.78. The quantitative estimate of drug-likeness (QED) is 0.199. The molecule has 4 rings (SSSR count). The van der Waals surface area contributed by atoms with Gasteiger partial charge in [-0.05, 0) is 23.8 Å². The molecule has 1 aliphatic heterocycles. The van der Waals surface area contributed by atoms with Gasteiger partial charge in [-0.3, -0.25) is 9.69 Å². The van der Waals surface area contributed by atoms with Gasteiger partial charge in [-0.15, -0.1) is 0 Å². The van der Waals surface area contributed by atoms with Crippen LogP contribution in [0, 0.1) is 34.9 Å². The van der Waals surface area contributed by atoms with Crippen molar-refractivity contribution in [3.05, 3.63) is 82.4 Å². The lowest BCUT2D eigenvalue weighted by atomic mass is 10.00. The molecule has 0 radical (unpaired) electrons. The number of nitrogens with zero attached hydrogens (tertiary/aromatic N) is 1. The number of ether oxygens (including phenoxy) is 2. The van der Waals surface area contributed by atoms with E-state index in [2.05, 4.69) is 9.47 Å². The molecule has 3 aromatic rings. The van der Waals surface area contributed by atoms with Crippen LogP contribution in [0.15, 0.2) is 36.4 Å². The summed E-state index contributed by atoms with van der Waals surface area (Å²) >= 11 is 0. The number of alkyl halides is 2. The number of hydrogen-bond acceptors (Lipinski definition) is 4. The SMILES string of the molecule is COC(=O)c1cccc(CN2C(=O)C(F)(F)Oc3cc(F)c(-c4c(F)c(F)c(F)c(F)c4F)cc32)c1. The van der Waals surface area contributed by atoms with Gasteiger partial charge >= 0.3 is 18.0 Å². The third kappa shape index (κ3) is 3.99. The van der Waals surface area contributed by atoms with Crippen LogP contribution in [0.5, 0.6) is 5.75 Å². The van der Waals surface area contributed by atoms with Crippen LogP contribution >= 0.6 is 0 Å². The molecule has 0 saturated heterocycles. The summed E-state index contributed by atoms with van der Waals surface area (Å²) in [6.45, 7) is -0.683. The average molecular weight is 517 g/mol. The highest BCUT2D eigenvalue weighted by molar-refractivity contribution is 6.01.